The Bertz CT molecular complexity index is 2240. The number of carbonyl (C=O) groups is 4. The molecule has 2 saturated carbocycles. The number of alkyl carbamates (subject to hydrolysis) is 1. The highest BCUT2D eigenvalue weighted by atomic mass is 32.2. The van der Waals surface area contributed by atoms with Gasteiger partial charge in [-0.25, -0.2) is 22.6 Å². The molecule has 3 fully saturated rings. The van der Waals surface area contributed by atoms with Crippen LogP contribution in [-0.4, -0.2) is 96.0 Å². The molecule has 0 radical (unpaired) electrons. The SMILES string of the molecule is [2H]C([2H])([2H])Oc1cc2ccnc(O[C@@H]3C[C@H]4C(=O)N[C@]5(C(=O)NS(=O)(=O)C6(C)CC6)C[C@H]5/C=C\CC[C@@H](C)C[C@@H](CC)[C@H](NC(=O)OC(C)(C)C(F)(F)F)C(=O)N4C3)c2cc1F. The van der Waals surface area contributed by atoms with E-state index < -0.39 is 105 Å². The minimum absolute atomic E-state index is 0.0331. The van der Waals surface area contributed by atoms with Crippen molar-refractivity contribution in [2.75, 3.05) is 13.6 Å². The molecule has 19 heteroatoms. The molecule has 324 valence electrons. The Morgan fingerprint density at radius 1 is 1.17 bits per heavy atom. The smallest absolute Gasteiger partial charge is 0.427 e. The molecule has 14 nitrogen and oxygen atoms in total. The molecule has 2 aromatic rings. The van der Waals surface area contributed by atoms with Gasteiger partial charge in [-0.2, -0.15) is 13.2 Å². The number of pyridine rings is 1. The molecule has 0 unspecified atom stereocenters. The predicted molar refractivity (Wildman–Crippen MR) is 206 cm³/mol. The lowest BCUT2D eigenvalue weighted by atomic mass is 9.85. The summed E-state index contributed by atoms with van der Waals surface area (Å²) >= 11 is 0. The first-order chi connectivity index (χ1) is 28.7. The average molecular weight is 857 g/mol. The van der Waals surface area contributed by atoms with Crippen molar-refractivity contribution in [2.45, 2.75) is 126 Å². The second-order valence-electron chi connectivity index (χ2n) is 16.9. The number of rotatable bonds is 9. The normalized spacial score (nSPS) is 30.1. The molecule has 4 aliphatic rings. The third-order valence-electron chi connectivity index (χ3n) is 12.1. The maximum atomic E-state index is 15.2. The van der Waals surface area contributed by atoms with Gasteiger partial charge >= 0.3 is 12.3 Å². The summed E-state index contributed by atoms with van der Waals surface area (Å²) in [4.78, 5) is 62.0. The standard InChI is InChI=1S/C40H51F4N5O9S/c1-7-23-16-22(2)10-8-9-11-25-20-39(25,35(52)48-59(54,55)38(5)13-14-38)47-32(50)29-18-26(57-33-27-19-28(41)30(56-6)17-24(27)12-15-45-33)21-49(29)34(51)31(23)46-36(53)58-37(3,4)40(42,43)44/h9,11-12,15,17,19,22-23,25-26,29,31H,7-8,10,13-14,16,18,20-21H2,1-6H3,(H,46,53)(H,47,50)(H,48,52)/b11-9-/t22-,23-,25-,26-,29+,31+,39-/m1/s1/i6D3. The van der Waals surface area contributed by atoms with Crippen molar-refractivity contribution in [3.63, 3.8) is 0 Å². The maximum Gasteiger partial charge on any atom is 0.427 e. The molecule has 1 saturated heterocycles. The van der Waals surface area contributed by atoms with Crippen molar-refractivity contribution >= 4 is 44.6 Å². The third-order valence-corrected chi connectivity index (χ3v) is 14.2. The number of fused-ring (bicyclic) bond motifs is 3. The van der Waals surface area contributed by atoms with E-state index in [9.17, 15) is 40.8 Å². The Kier molecular flexibility index (Phi) is 10.8. The topological polar surface area (TPSA) is 182 Å². The summed E-state index contributed by atoms with van der Waals surface area (Å²) in [6.45, 7) is 6.08. The zero-order chi connectivity index (χ0) is 45.8. The van der Waals surface area contributed by atoms with Crippen molar-refractivity contribution in [2.24, 2.45) is 17.8 Å². The van der Waals surface area contributed by atoms with E-state index in [1.807, 2.05) is 13.0 Å². The number of ether oxygens (including phenoxy) is 3. The summed E-state index contributed by atoms with van der Waals surface area (Å²) in [5.41, 5.74) is -4.67. The first-order valence-corrected chi connectivity index (χ1v) is 21.0. The van der Waals surface area contributed by atoms with Crippen LogP contribution in [0.3, 0.4) is 0 Å². The van der Waals surface area contributed by atoms with Crippen molar-refractivity contribution in [3.05, 3.63) is 42.4 Å². The number of benzene rings is 1. The van der Waals surface area contributed by atoms with E-state index in [4.69, 9.17) is 18.3 Å². The number of alkyl halides is 3. The fraction of sp³-hybridized carbons (Fsp3) is 0.625. The van der Waals surface area contributed by atoms with Crippen molar-refractivity contribution in [3.8, 4) is 11.6 Å². The second kappa shape index (κ2) is 16.1. The first kappa shape index (κ1) is 39.8. The molecule has 3 N–H and O–H groups in total. The van der Waals surface area contributed by atoms with Crippen LogP contribution in [0.2, 0.25) is 0 Å². The summed E-state index contributed by atoms with van der Waals surface area (Å²) in [6, 6.07) is 0.547. The van der Waals surface area contributed by atoms with Gasteiger partial charge in [-0.05, 0) is 94.7 Å². The molecule has 7 atom stereocenters. The summed E-state index contributed by atoms with van der Waals surface area (Å²) in [5.74, 6) is -5.89. The van der Waals surface area contributed by atoms with E-state index in [2.05, 4.69) is 20.3 Å². The quantitative estimate of drug-likeness (QED) is 0.217. The van der Waals surface area contributed by atoms with Gasteiger partial charge in [-0.3, -0.25) is 19.1 Å². The number of sulfonamides is 1. The lowest BCUT2D eigenvalue weighted by molar-refractivity contribution is -0.244. The molecule has 59 heavy (non-hydrogen) atoms. The van der Waals surface area contributed by atoms with Crippen LogP contribution in [0.4, 0.5) is 22.4 Å². The number of allylic oxidation sites excluding steroid dienone is 1. The molecule has 0 bridgehead atoms. The van der Waals surface area contributed by atoms with Crippen LogP contribution >= 0.6 is 0 Å². The van der Waals surface area contributed by atoms with Crippen LogP contribution in [-0.2, 0) is 29.1 Å². The molecule has 2 aliphatic heterocycles. The minimum atomic E-state index is -4.97. The summed E-state index contributed by atoms with van der Waals surface area (Å²) in [6.07, 6.45) is -0.660. The van der Waals surface area contributed by atoms with Crippen molar-refractivity contribution in [1.29, 1.82) is 0 Å². The lowest BCUT2D eigenvalue weighted by Crippen LogP contribution is -2.60. The largest absolute Gasteiger partial charge is 0.494 e. The molecular formula is C40H51F4N5O9S. The number of nitrogens with one attached hydrogen (secondary N) is 3. The highest BCUT2D eigenvalue weighted by Gasteiger charge is 2.63. The summed E-state index contributed by atoms with van der Waals surface area (Å²) in [7, 11) is -7.10. The van der Waals surface area contributed by atoms with Crippen LogP contribution in [0, 0.1) is 23.6 Å². The fourth-order valence-electron chi connectivity index (χ4n) is 7.74. The van der Waals surface area contributed by atoms with Gasteiger partial charge in [0.25, 0.3) is 5.91 Å². The molecule has 1 aromatic heterocycles. The van der Waals surface area contributed by atoms with Gasteiger partial charge in [0.15, 0.2) is 11.6 Å². The Labute approximate surface area is 344 Å². The second-order valence-corrected chi connectivity index (χ2v) is 19.1. The Hall–Kier alpha value is -4.68. The highest BCUT2D eigenvalue weighted by molar-refractivity contribution is 7.91. The Balaban J connectivity index is 1.38. The summed E-state index contributed by atoms with van der Waals surface area (Å²) < 4.78 is 122. The van der Waals surface area contributed by atoms with Gasteiger partial charge in [-0.15, -0.1) is 0 Å². The maximum absolute atomic E-state index is 15.2. The first-order valence-electron chi connectivity index (χ1n) is 21.1. The van der Waals surface area contributed by atoms with E-state index >= 15 is 4.39 Å². The molecule has 6 rings (SSSR count). The lowest BCUT2D eigenvalue weighted by Gasteiger charge is -2.35. The van der Waals surface area contributed by atoms with Crippen LogP contribution in [0.1, 0.15) is 90.1 Å². The highest BCUT2D eigenvalue weighted by Crippen LogP contribution is 2.48. The van der Waals surface area contributed by atoms with E-state index in [0.29, 0.717) is 46.0 Å². The molecule has 1 aromatic carbocycles. The zero-order valence-electron chi connectivity index (χ0n) is 36.3. The zero-order valence-corrected chi connectivity index (χ0v) is 34.1. The monoisotopic (exact) mass is 856 g/mol. The average Bonchev–Trinajstić information content (AvgIpc) is 4.04. The van der Waals surface area contributed by atoms with Crippen molar-refractivity contribution in [1.82, 2.24) is 25.2 Å². The number of nitrogens with zero attached hydrogens (tertiary/aromatic N) is 2. The van der Waals surface area contributed by atoms with Crippen LogP contribution < -0.4 is 24.8 Å². The molecule has 3 heterocycles. The summed E-state index contributed by atoms with van der Waals surface area (Å²) in [5, 5.41) is 5.43. The van der Waals surface area contributed by atoms with Gasteiger partial charge in [0, 0.05) is 23.9 Å². The Morgan fingerprint density at radius 3 is 2.56 bits per heavy atom. The molecular weight excluding hydrogens is 803 g/mol. The molecule has 2 aliphatic carbocycles. The van der Waals surface area contributed by atoms with E-state index in [0.717, 1.165) is 17.0 Å². The fourth-order valence-corrected chi connectivity index (χ4v) is 9.05. The van der Waals surface area contributed by atoms with E-state index in [1.54, 1.807) is 13.0 Å². The number of amides is 4. The van der Waals surface area contributed by atoms with Crippen LogP contribution in [0.5, 0.6) is 11.6 Å². The van der Waals surface area contributed by atoms with Gasteiger partial charge in [0.1, 0.15) is 23.7 Å². The Morgan fingerprint density at radius 2 is 1.90 bits per heavy atom. The molecule has 4 amide bonds. The number of halogens is 4. The molecule has 0 spiro atoms. The van der Waals surface area contributed by atoms with Crippen LogP contribution in [0.15, 0.2) is 36.5 Å². The van der Waals surface area contributed by atoms with E-state index in [1.165, 1.54) is 19.2 Å². The van der Waals surface area contributed by atoms with Crippen LogP contribution in [0.25, 0.3) is 10.8 Å². The van der Waals surface area contributed by atoms with E-state index in [-0.39, 0.29) is 48.4 Å². The predicted octanol–water partition coefficient (Wildman–Crippen LogP) is 5.44. The van der Waals surface area contributed by atoms with Gasteiger partial charge in [0.05, 0.1) is 22.4 Å². The number of methoxy groups -OCH3 is 1. The van der Waals surface area contributed by atoms with Crippen molar-refractivity contribution < 1.29 is 63.5 Å². The van der Waals surface area contributed by atoms with Gasteiger partial charge < -0.3 is 29.7 Å². The van der Waals surface area contributed by atoms with Gasteiger partial charge in [-0.1, -0.05) is 32.4 Å². The number of hydrogen-bond donors (Lipinski definition) is 3. The number of hydrogen-bond acceptors (Lipinski definition) is 10. The number of carbonyl (C=O) groups excluding carboxylic acids is 4. The number of aromatic nitrogens is 1. The third kappa shape index (κ3) is 8.94. The minimum Gasteiger partial charge on any atom is -0.494 e. The van der Waals surface area contributed by atoms with Gasteiger partial charge in [0.2, 0.25) is 33.3 Å².